The van der Waals surface area contributed by atoms with Gasteiger partial charge in [0.2, 0.25) is 11.8 Å². The van der Waals surface area contributed by atoms with Crippen molar-refractivity contribution in [2.24, 2.45) is 22.7 Å². The van der Waals surface area contributed by atoms with Gasteiger partial charge in [-0.25, -0.2) is 0 Å². The third-order valence-electron chi connectivity index (χ3n) is 8.98. The van der Waals surface area contributed by atoms with Gasteiger partial charge in [-0.3, -0.25) is 9.59 Å². The van der Waals surface area contributed by atoms with Gasteiger partial charge in [0.05, 0.1) is 10.8 Å². The molecule has 206 valence electrons. The number of benzene rings is 2. The van der Waals surface area contributed by atoms with Gasteiger partial charge in [-0.15, -0.1) is 0 Å². The summed E-state index contributed by atoms with van der Waals surface area (Å²) in [7, 11) is 0. The van der Waals surface area contributed by atoms with E-state index >= 15 is 0 Å². The molecule has 2 aliphatic rings. The number of carbonyl (C=O) groups is 2. The first-order chi connectivity index (χ1) is 18.4. The Morgan fingerprint density at radius 2 is 1.21 bits per heavy atom. The highest BCUT2D eigenvalue weighted by atomic mass is 35.5. The van der Waals surface area contributed by atoms with Gasteiger partial charge in [0, 0.05) is 21.4 Å². The molecule has 6 nitrogen and oxygen atoms in total. The number of piperidine rings is 2. The molecule has 4 N–H and O–H groups in total. The van der Waals surface area contributed by atoms with E-state index in [0.29, 0.717) is 34.3 Å². The number of nitrogens with one attached hydrogen (secondary N) is 4. The average Bonchev–Trinajstić information content (AvgIpc) is 2.94. The van der Waals surface area contributed by atoms with Crippen LogP contribution in [0.3, 0.4) is 0 Å². The van der Waals surface area contributed by atoms with Crippen LogP contribution in [0.25, 0.3) is 0 Å². The van der Waals surface area contributed by atoms with Crippen molar-refractivity contribution in [1.29, 1.82) is 0 Å². The second-order valence-corrected chi connectivity index (χ2v) is 11.5. The van der Waals surface area contributed by atoms with Crippen LogP contribution in [0.5, 0.6) is 0 Å². The molecular weight excluding hydrogens is 519 g/mol. The molecule has 2 unspecified atom stereocenters. The topological polar surface area (TPSA) is 82.3 Å². The number of hydrogen-bond donors (Lipinski definition) is 4. The maximum atomic E-state index is 14.7. The van der Waals surface area contributed by atoms with E-state index in [1.807, 2.05) is 24.3 Å². The summed E-state index contributed by atoms with van der Waals surface area (Å²) in [4.78, 5) is 29.5. The summed E-state index contributed by atoms with van der Waals surface area (Å²) in [5.41, 5.74) is -0.474. The normalized spacial score (nSPS) is 20.2. The van der Waals surface area contributed by atoms with E-state index in [1.54, 1.807) is 24.3 Å². The second kappa shape index (κ2) is 12.8. The van der Waals surface area contributed by atoms with Gasteiger partial charge in [-0.05, 0) is 119 Å². The van der Waals surface area contributed by atoms with Crippen molar-refractivity contribution in [3.8, 4) is 0 Å². The summed E-state index contributed by atoms with van der Waals surface area (Å²) >= 11 is 12.4. The molecule has 0 bridgehead atoms. The van der Waals surface area contributed by atoms with Crippen molar-refractivity contribution < 1.29 is 9.59 Å². The number of amides is 2. The number of halogens is 2. The van der Waals surface area contributed by atoms with E-state index in [0.717, 1.165) is 51.9 Å². The fourth-order valence-corrected chi connectivity index (χ4v) is 7.56. The predicted molar refractivity (Wildman–Crippen MR) is 157 cm³/mol. The van der Waals surface area contributed by atoms with Crippen molar-refractivity contribution in [2.75, 3.05) is 36.8 Å². The monoisotopic (exact) mass is 558 g/mol. The molecule has 2 heterocycles. The van der Waals surface area contributed by atoms with Crippen molar-refractivity contribution in [3.05, 3.63) is 58.6 Å². The Morgan fingerprint density at radius 1 is 0.737 bits per heavy atom. The Morgan fingerprint density at radius 3 is 1.66 bits per heavy atom. The molecule has 4 rings (SSSR count). The van der Waals surface area contributed by atoms with Crippen LogP contribution in [0.1, 0.15) is 52.4 Å². The largest absolute Gasteiger partial charge is 0.326 e. The predicted octanol–water partition coefficient (Wildman–Crippen LogP) is 6.36. The molecule has 2 atom stereocenters. The van der Waals surface area contributed by atoms with E-state index in [-0.39, 0.29) is 23.7 Å². The highest BCUT2D eigenvalue weighted by molar-refractivity contribution is 6.31. The first-order valence-corrected chi connectivity index (χ1v) is 14.7. The molecule has 0 aliphatic carbocycles. The molecule has 38 heavy (non-hydrogen) atoms. The quantitative estimate of drug-likeness (QED) is 0.288. The molecule has 2 amide bonds. The average molecular weight is 560 g/mol. The van der Waals surface area contributed by atoms with Gasteiger partial charge >= 0.3 is 0 Å². The third kappa shape index (κ3) is 5.60. The molecule has 0 aromatic heterocycles. The number of hydrogen-bond acceptors (Lipinski definition) is 4. The number of carbonyl (C=O) groups excluding carboxylic acids is 2. The lowest BCUT2D eigenvalue weighted by molar-refractivity contribution is -0.164. The molecule has 2 fully saturated rings. The van der Waals surface area contributed by atoms with Crippen LogP contribution in [0, 0.1) is 22.7 Å². The number of rotatable bonds is 9. The van der Waals surface area contributed by atoms with Crippen LogP contribution in [-0.2, 0) is 9.59 Å². The summed E-state index contributed by atoms with van der Waals surface area (Å²) in [6, 6.07) is 14.5. The molecule has 2 aromatic rings. The van der Waals surface area contributed by atoms with Gasteiger partial charge in [0.15, 0.2) is 0 Å². The van der Waals surface area contributed by atoms with Crippen LogP contribution in [0.2, 0.25) is 10.0 Å². The Kier molecular flexibility index (Phi) is 9.74. The van der Waals surface area contributed by atoms with Crippen LogP contribution in [0.4, 0.5) is 11.4 Å². The summed E-state index contributed by atoms with van der Waals surface area (Å²) in [6.07, 6.45) is 4.52. The Labute approximate surface area is 236 Å². The lowest BCUT2D eigenvalue weighted by Gasteiger charge is -2.56. The summed E-state index contributed by atoms with van der Waals surface area (Å²) in [5, 5.41) is 14.5. The Bertz CT molecular complexity index is 1100. The smallest absolute Gasteiger partial charge is 0.231 e. The fraction of sp³-hybridized carbons (Fsp3) is 0.533. The molecule has 0 radical (unpaired) electrons. The summed E-state index contributed by atoms with van der Waals surface area (Å²) in [6.45, 7) is 7.51. The molecule has 2 aromatic carbocycles. The summed E-state index contributed by atoms with van der Waals surface area (Å²) in [5.74, 6) is -0.0450. The van der Waals surface area contributed by atoms with E-state index < -0.39 is 10.8 Å². The lowest BCUT2D eigenvalue weighted by Crippen LogP contribution is -2.64. The zero-order valence-corrected chi connectivity index (χ0v) is 23.9. The van der Waals surface area contributed by atoms with E-state index in [9.17, 15) is 9.59 Å². The maximum absolute atomic E-state index is 14.7. The first-order valence-electron chi connectivity index (χ1n) is 13.9. The molecule has 8 heteroatoms. The lowest BCUT2D eigenvalue weighted by atomic mass is 9.47. The minimum atomic E-state index is -0.912. The minimum absolute atomic E-state index is 0.0544. The Balaban J connectivity index is 1.86. The number of anilines is 2. The van der Waals surface area contributed by atoms with Crippen LogP contribution in [-0.4, -0.2) is 38.0 Å². The SMILES string of the molecule is CCC(C(=O)Nc1ccc(Cl)cc1)(C1CCNCC1)C(CC)(C(=O)Nc1cccc(Cl)c1)C1CCNCC1. The minimum Gasteiger partial charge on any atom is -0.326 e. The van der Waals surface area contributed by atoms with Crippen molar-refractivity contribution in [1.82, 2.24) is 10.6 Å². The maximum Gasteiger partial charge on any atom is 0.231 e. The van der Waals surface area contributed by atoms with Gasteiger partial charge in [-0.1, -0.05) is 43.1 Å². The van der Waals surface area contributed by atoms with E-state index in [4.69, 9.17) is 23.2 Å². The highest BCUT2D eigenvalue weighted by Crippen LogP contribution is 2.59. The zero-order valence-electron chi connectivity index (χ0n) is 22.4. The third-order valence-corrected chi connectivity index (χ3v) is 9.47. The van der Waals surface area contributed by atoms with Crippen LogP contribution >= 0.6 is 23.2 Å². The first kappa shape index (κ1) is 28.9. The van der Waals surface area contributed by atoms with E-state index in [1.165, 1.54) is 0 Å². The highest BCUT2D eigenvalue weighted by Gasteiger charge is 2.64. The summed E-state index contributed by atoms with van der Waals surface area (Å²) < 4.78 is 0. The second-order valence-electron chi connectivity index (χ2n) is 10.6. The van der Waals surface area contributed by atoms with Crippen molar-refractivity contribution in [2.45, 2.75) is 52.4 Å². The van der Waals surface area contributed by atoms with Crippen LogP contribution in [0.15, 0.2) is 48.5 Å². The zero-order chi connectivity index (χ0) is 27.2. The van der Waals surface area contributed by atoms with Gasteiger partial charge in [-0.2, -0.15) is 0 Å². The molecule has 0 saturated carbocycles. The molecule has 2 aliphatic heterocycles. The van der Waals surface area contributed by atoms with Crippen LogP contribution < -0.4 is 21.3 Å². The van der Waals surface area contributed by atoms with Crippen molar-refractivity contribution in [3.63, 3.8) is 0 Å². The van der Waals surface area contributed by atoms with Crippen molar-refractivity contribution >= 4 is 46.4 Å². The molecule has 2 saturated heterocycles. The fourth-order valence-electron chi connectivity index (χ4n) is 7.25. The Hall–Kier alpha value is -2.12. The van der Waals surface area contributed by atoms with Gasteiger partial charge in [0.1, 0.15) is 0 Å². The molecular formula is C30H40Cl2N4O2. The van der Waals surface area contributed by atoms with E-state index in [2.05, 4.69) is 35.1 Å². The standard InChI is InChI=1S/C30H40Cl2N4O2/c1-3-29(21-12-16-33-17-13-21,27(37)35-25-10-8-23(31)9-11-25)30(4-2,22-14-18-34-19-15-22)28(38)36-26-7-5-6-24(32)20-26/h5-11,20-22,33-34H,3-4,12-19H2,1-2H3,(H,35,37)(H,36,38). The molecule has 0 spiro atoms. The van der Waals surface area contributed by atoms with Gasteiger partial charge < -0.3 is 21.3 Å². The van der Waals surface area contributed by atoms with Gasteiger partial charge in [0.25, 0.3) is 0 Å².